The topological polar surface area (TPSA) is 167 Å². The molecule has 0 radical (unpaired) electrons. The van der Waals surface area contributed by atoms with Crippen LogP contribution < -0.4 is 0 Å². The van der Waals surface area contributed by atoms with Crippen molar-refractivity contribution in [2.75, 3.05) is 0 Å². The molecule has 4 aliphatic heterocycles. The van der Waals surface area contributed by atoms with E-state index in [-0.39, 0.29) is 16.2 Å². The largest absolute Gasteiger partial charge is 0.454 e. The fraction of sp³-hybridized carbons (Fsp3) is 0.548. The van der Waals surface area contributed by atoms with Crippen LogP contribution in [0.3, 0.4) is 0 Å². The molecule has 4 heterocycles. The fourth-order valence-corrected chi connectivity index (χ4v) is 9.34. The average Bonchev–Trinajstić information content (AvgIpc) is 3.28. The zero-order chi connectivity index (χ0) is 33.0. The van der Waals surface area contributed by atoms with Crippen molar-refractivity contribution in [3.63, 3.8) is 0 Å². The number of benzene rings is 2. The van der Waals surface area contributed by atoms with E-state index in [1.807, 2.05) is 0 Å². The van der Waals surface area contributed by atoms with Crippen LogP contribution in [0.1, 0.15) is 44.7 Å². The zero-order valence-electron chi connectivity index (χ0n) is 25.7. The van der Waals surface area contributed by atoms with Crippen molar-refractivity contribution in [3.05, 3.63) is 59.7 Å². The number of carbonyl (C=O) groups is 2. The highest BCUT2D eigenvalue weighted by Gasteiger charge is 2.77. The summed E-state index contributed by atoms with van der Waals surface area (Å²) in [6, 6.07) is 11.8. The van der Waals surface area contributed by atoms with Crippen LogP contribution in [0.4, 0.5) is 0 Å². The molecule has 6 aliphatic rings. The van der Waals surface area contributed by atoms with Gasteiger partial charge in [-0.15, -0.1) is 0 Å². The molecule has 0 aromatic heterocycles. The third kappa shape index (κ3) is 4.50. The minimum absolute atomic E-state index is 0.162. The third-order valence-electron chi connectivity index (χ3n) is 10.5. The maximum atomic E-state index is 14.1. The van der Waals surface area contributed by atoms with E-state index in [9.17, 15) is 26.4 Å². The van der Waals surface area contributed by atoms with Crippen molar-refractivity contribution >= 4 is 32.2 Å². The van der Waals surface area contributed by atoms with E-state index in [4.69, 9.17) is 32.1 Å². The molecular formula is C31H34O13S2. The van der Waals surface area contributed by atoms with Crippen LogP contribution in [-0.4, -0.2) is 77.5 Å². The summed E-state index contributed by atoms with van der Waals surface area (Å²) in [6.07, 6.45) is -7.78. The molecule has 248 valence electrons. The fourth-order valence-electron chi connectivity index (χ4n) is 7.16. The lowest BCUT2D eigenvalue weighted by Gasteiger charge is -2.57. The highest BCUT2D eigenvalue weighted by Crippen LogP contribution is 2.66. The lowest BCUT2D eigenvalue weighted by Crippen LogP contribution is -2.77. The van der Waals surface area contributed by atoms with Crippen LogP contribution >= 0.6 is 0 Å². The molecule has 15 heteroatoms. The molecule has 8 rings (SSSR count). The van der Waals surface area contributed by atoms with E-state index in [0.717, 1.165) is 11.1 Å². The van der Waals surface area contributed by atoms with E-state index in [1.54, 1.807) is 58.9 Å². The summed E-state index contributed by atoms with van der Waals surface area (Å²) in [4.78, 5) is 26.6. The molecule has 2 aromatic carbocycles. The first-order valence-electron chi connectivity index (χ1n) is 14.9. The number of ether oxygens (including phenoxy) is 5. The lowest BCUT2D eigenvalue weighted by molar-refractivity contribution is -0.476. The summed E-state index contributed by atoms with van der Waals surface area (Å²) in [5.74, 6) is -1.42. The predicted molar refractivity (Wildman–Crippen MR) is 155 cm³/mol. The van der Waals surface area contributed by atoms with Gasteiger partial charge in [0.1, 0.15) is 30.5 Å². The summed E-state index contributed by atoms with van der Waals surface area (Å²) in [5.41, 5.74) is -1.90. The van der Waals surface area contributed by atoms with Crippen molar-refractivity contribution in [1.29, 1.82) is 0 Å². The van der Waals surface area contributed by atoms with Crippen molar-refractivity contribution < 1.29 is 58.5 Å². The molecule has 46 heavy (non-hydrogen) atoms. The summed E-state index contributed by atoms with van der Waals surface area (Å²) in [6.45, 7) is 7.49. The van der Waals surface area contributed by atoms with Crippen molar-refractivity contribution in [2.24, 2.45) is 10.8 Å². The van der Waals surface area contributed by atoms with Gasteiger partial charge in [-0.1, -0.05) is 49.2 Å². The second-order valence-electron chi connectivity index (χ2n) is 13.3. The molecule has 6 bridgehead atoms. The van der Waals surface area contributed by atoms with Gasteiger partial charge in [-0.05, 0) is 57.9 Å². The molecular weight excluding hydrogens is 644 g/mol. The van der Waals surface area contributed by atoms with Gasteiger partial charge < -0.3 is 23.7 Å². The van der Waals surface area contributed by atoms with Crippen LogP contribution in [-0.2, 0) is 61.9 Å². The van der Waals surface area contributed by atoms with Gasteiger partial charge in [0.05, 0.1) is 15.2 Å². The van der Waals surface area contributed by atoms with E-state index in [2.05, 4.69) is 0 Å². The summed E-state index contributed by atoms with van der Waals surface area (Å²) < 4.78 is 94.5. The Bertz CT molecular complexity index is 1710. The third-order valence-corrected chi connectivity index (χ3v) is 13.1. The number of rotatable bonds is 8. The molecule has 4 saturated heterocycles. The molecule has 2 saturated carbocycles. The quantitative estimate of drug-likeness (QED) is 0.296. The number of fused-ring (bicyclic) bond motifs is 2. The number of esters is 2. The first-order chi connectivity index (χ1) is 21.5. The highest BCUT2D eigenvalue weighted by atomic mass is 32.2. The second kappa shape index (κ2) is 10.3. The van der Waals surface area contributed by atoms with E-state index in [0.29, 0.717) is 6.42 Å². The number of hydrogen-bond donors (Lipinski definition) is 0. The average molecular weight is 679 g/mol. The molecule has 2 aliphatic carbocycles. The summed E-state index contributed by atoms with van der Waals surface area (Å²) in [7, 11) is -8.95. The van der Waals surface area contributed by atoms with Gasteiger partial charge in [0.25, 0.3) is 26.7 Å². The number of carbonyl (C=O) groups excluding carboxylic acids is 2. The Labute approximate surface area is 266 Å². The maximum Gasteiger partial charge on any atom is 0.351 e. The Morgan fingerprint density at radius 3 is 1.54 bits per heavy atom. The molecule has 2 unspecified atom stereocenters. The molecule has 0 spiro atoms. The van der Waals surface area contributed by atoms with Crippen molar-refractivity contribution in [2.45, 2.75) is 106 Å². The zero-order valence-corrected chi connectivity index (χ0v) is 27.3. The van der Waals surface area contributed by atoms with Crippen molar-refractivity contribution in [3.8, 4) is 0 Å². The van der Waals surface area contributed by atoms with Gasteiger partial charge in [-0.3, -0.25) is 13.2 Å². The number of aryl methyl sites for hydroxylation is 2. The molecule has 0 N–H and O–H groups in total. The molecule has 2 aromatic rings. The van der Waals surface area contributed by atoms with Gasteiger partial charge in [0.15, 0.2) is 6.10 Å². The Hall–Kier alpha value is -2.92. The van der Waals surface area contributed by atoms with Crippen LogP contribution in [0.5, 0.6) is 0 Å². The normalized spacial score (nSPS) is 37.3. The Morgan fingerprint density at radius 1 is 0.717 bits per heavy atom. The molecule has 0 amide bonds. The molecule has 13 nitrogen and oxygen atoms in total. The van der Waals surface area contributed by atoms with Gasteiger partial charge in [-0.25, -0.2) is 4.79 Å². The SMILES string of the molecule is Cc1ccc(S(=O)(=O)O[C@@H]2[C@H]3O[C@@H]4O[C@@H]2[C@@H](OC(=O)C25CCC(C)(C(=O)O2)C5(C)C)[C@H](O4)[C@@H]3OS(=O)(=O)c2ccc(C)cc2)cc1. The van der Waals surface area contributed by atoms with Crippen LogP contribution in [0, 0.1) is 24.7 Å². The smallest absolute Gasteiger partial charge is 0.351 e. The summed E-state index contributed by atoms with van der Waals surface area (Å²) >= 11 is 0. The van der Waals surface area contributed by atoms with Crippen LogP contribution in [0.2, 0.25) is 0 Å². The first-order valence-corrected chi connectivity index (χ1v) is 17.7. The summed E-state index contributed by atoms with van der Waals surface area (Å²) in [5, 5.41) is 0. The van der Waals surface area contributed by atoms with Gasteiger partial charge in [0, 0.05) is 5.41 Å². The minimum atomic E-state index is -4.47. The number of hydrogen-bond acceptors (Lipinski definition) is 13. The van der Waals surface area contributed by atoms with Crippen LogP contribution in [0.15, 0.2) is 58.3 Å². The van der Waals surface area contributed by atoms with Gasteiger partial charge in [0.2, 0.25) is 5.60 Å². The van der Waals surface area contributed by atoms with Crippen LogP contribution in [0.25, 0.3) is 0 Å². The van der Waals surface area contributed by atoms with E-state index in [1.165, 1.54) is 24.3 Å². The Balaban J connectivity index is 1.25. The minimum Gasteiger partial charge on any atom is -0.454 e. The second-order valence-corrected chi connectivity index (χ2v) is 16.4. The lowest BCUT2D eigenvalue weighted by atomic mass is 9.66. The van der Waals surface area contributed by atoms with E-state index >= 15 is 0 Å². The standard InChI is InChI=1S/C31H34O13S2/c1-16-6-10-18(11-7-16)45(34,35)43-24-21-20(38-27(33)31-15-14-30(5,26(32)42-31)29(31,3)4)22-25(23(24)41-28(39-21)40-22)44-46(36,37)19-12-8-17(2)9-13-19/h6-13,20-25,28H,14-15H2,1-5H3/t20-,21-,22+,23-,24-,25-,28-,30?,31?/m0/s1. The maximum absolute atomic E-state index is 14.1. The van der Waals surface area contributed by atoms with Crippen molar-refractivity contribution in [1.82, 2.24) is 0 Å². The van der Waals surface area contributed by atoms with E-state index < -0.39 is 91.7 Å². The Kier molecular flexibility index (Phi) is 7.08. The molecule has 9 atom stereocenters. The van der Waals surface area contributed by atoms with Gasteiger partial charge >= 0.3 is 11.9 Å². The molecule has 6 fully saturated rings. The first kappa shape index (κ1) is 31.7. The predicted octanol–water partition coefficient (Wildman–Crippen LogP) is 2.67. The van der Waals surface area contributed by atoms with Gasteiger partial charge in [-0.2, -0.15) is 16.8 Å². The Morgan fingerprint density at radius 2 is 1.15 bits per heavy atom. The monoisotopic (exact) mass is 678 g/mol. The highest BCUT2D eigenvalue weighted by molar-refractivity contribution is 7.87.